The maximum Gasteiger partial charge on any atom is 0.251 e. The Bertz CT molecular complexity index is 778. The van der Waals surface area contributed by atoms with Gasteiger partial charge in [0.1, 0.15) is 11.5 Å². The van der Waals surface area contributed by atoms with Gasteiger partial charge in [0.25, 0.3) is 5.91 Å². The van der Waals surface area contributed by atoms with Crippen molar-refractivity contribution in [3.8, 4) is 11.5 Å². The Morgan fingerprint density at radius 1 is 1.08 bits per heavy atom. The molecule has 26 heavy (non-hydrogen) atoms. The molecule has 138 valence electrons. The number of halogens is 1. The zero-order valence-electron chi connectivity index (χ0n) is 14.8. The fourth-order valence-electron chi connectivity index (χ4n) is 2.41. The second-order valence-corrected chi connectivity index (χ2v) is 6.02. The second-order valence-electron chi connectivity index (χ2n) is 5.59. The Morgan fingerprint density at radius 3 is 2.38 bits per heavy atom. The molecule has 0 aliphatic carbocycles. The molecule has 0 fully saturated rings. The molecule has 1 unspecified atom stereocenters. The zero-order valence-corrected chi connectivity index (χ0v) is 15.6. The van der Waals surface area contributed by atoms with Crippen LogP contribution in [0.4, 0.5) is 0 Å². The van der Waals surface area contributed by atoms with E-state index in [1.165, 1.54) is 0 Å². The number of benzene rings is 2. The highest BCUT2D eigenvalue weighted by Crippen LogP contribution is 2.29. The van der Waals surface area contributed by atoms with Gasteiger partial charge in [-0.05, 0) is 49.4 Å². The monoisotopic (exact) mass is 376 g/mol. The highest BCUT2D eigenvalue weighted by Gasteiger charge is 2.16. The third-order valence-electron chi connectivity index (χ3n) is 3.80. The predicted octanol–water partition coefficient (Wildman–Crippen LogP) is 2.96. The van der Waals surface area contributed by atoms with Crippen molar-refractivity contribution in [3.05, 3.63) is 58.6 Å². The van der Waals surface area contributed by atoms with Crippen LogP contribution in [0.1, 0.15) is 28.9 Å². The molecule has 0 saturated heterocycles. The summed E-state index contributed by atoms with van der Waals surface area (Å²) in [6.07, 6.45) is 0. The van der Waals surface area contributed by atoms with Crippen LogP contribution in [0.3, 0.4) is 0 Å². The summed E-state index contributed by atoms with van der Waals surface area (Å²) in [6.45, 7) is 1.69. The van der Waals surface area contributed by atoms with Gasteiger partial charge < -0.3 is 20.1 Å². The largest absolute Gasteiger partial charge is 0.497 e. The summed E-state index contributed by atoms with van der Waals surface area (Å²) in [5.41, 5.74) is 1.22. The van der Waals surface area contributed by atoms with Crippen molar-refractivity contribution < 1.29 is 19.1 Å². The van der Waals surface area contributed by atoms with Gasteiger partial charge in [0.05, 0.1) is 26.8 Å². The van der Waals surface area contributed by atoms with Gasteiger partial charge in [-0.3, -0.25) is 9.59 Å². The molecule has 1 atom stereocenters. The molecule has 6 nitrogen and oxygen atoms in total. The lowest BCUT2D eigenvalue weighted by atomic mass is 10.1. The van der Waals surface area contributed by atoms with Gasteiger partial charge in [-0.2, -0.15) is 0 Å². The van der Waals surface area contributed by atoms with Crippen LogP contribution in [0.25, 0.3) is 0 Å². The van der Waals surface area contributed by atoms with E-state index < -0.39 is 0 Å². The quantitative estimate of drug-likeness (QED) is 0.778. The van der Waals surface area contributed by atoms with Crippen LogP contribution in [0.15, 0.2) is 42.5 Å². The van der Waals surface area contributed by atoms with Crippen LogP contribution in [-0.2, 0) is 4.79 Å². The number of ether oxygens (including phenoxy) is 2. The van der Waals surface area contributed by atoms with Crippen LogP contribution in [-0.4, -0.2) is 32.6 Å². The Labute approximate surface area is 157 Å². The maximum absolute atomic E-state index is 12.2. The molecular weight excluding hydrogens is 356 g/mol. The molecule has 2 rings (SSSR count). The summed E-state index contributed by atoms with van der Waals surface area (Å²) in [5, 5.41) is 5.95. The third kappa shape index (κ3) is 5.13. The molecule has 0 aromatic heterocycles. The summed E-state index contributed by atoms with van der Waals surface area (Å²) < 4.78 is 10.5. The maximum atomic E-state index is 12.2. The molecule has 0 saturated carbocycles. The van der Waals surface area contributed by atoms with Crippen molar-refractivity contribution >= 4 is 23.4 Å². The molecule has 2 aromatic rings. The van der Waals surface area contributed by atoms with Crippen LogP contribution in [0, 0.1) is 0 Å². The van der Waals surface area contributed by atoms with Gasteiger partial charge >= 0.3 is 0 Å². The average molecular weight is 377 g/mol. The third-order valence-corrected chi connectivity index (χ3v) is 4.05. The van der Waals surface area contributed by atoms with E-state index in [1.54, 1.807) is 56.7 Å². The van der Waals surface area contributed by atoms with Gasteiger partial charge in [-0.15, -0.1) is 0 Å². The summed E-state index contributed by atoms with van der Waals surface area (Å²) in [5.74, 6) is 0.648. The lowest BCUT2D eigenvalue weighted by Crippen LogP contribution is -2.38. The first kappa shape index (κ1) is 19.6. The second kappa shape index (κ2) is 9.10. The lowest BCUT2D eigenvalue weighted by molar-refractivity contribution is -0.120. The summed E-state index contributed by atoms with van der Waals surface area (Å²) in [4.78, 5) is 24.2. The van der Waals surface area contributed by atoms with Gasteiger partial charge in [0, 0.05) is 16.1 Å². The van der Waals surface area contributed by atoms with Crippen LogP contribution >= 0.6 is 11.6 Å². The van der Waals surface area contributed by atoms with E-state index in [0.717, 1.165) is 5.56 Å². The molecule has 2 amide bonds. The standard InChI is InChI=1S/C19H21ClN2O4/c1-12(16-10-15(25-2)8-9-17(16)26-3)22-18(23)11-21-19(24)13-4-6-14(20)7-5-13/h4-10,12H,11H2,1-3H3,(H,21,24)(H,22,23). The predicted molar refractivity (Wildman–Crippen MR) is 99.9 cm³/mol. The number of hydrogen-bond acceptors (Lipinski definition) is 4. The van der Waals surface area contributed by atoms with Crippen LogP contribution in [0.2, 0.25) is 5.02 Å². The molecule has 0 spiro atoms. The van der Waals surface area contributed by atoms with Crippen molar-refractivity contribution in [2.75, 3.05) is 20.8 Å². The van der Waals surface area contributed by atoms with Crippen molar-refractivity contribution in [1.29, 1.82) is 0 Å². The highest BCUT2D eigenvalue weighted by atomic mass is 35.5. The Morgan fingerprint density at radius 2 is 1.77 bits per heavy atom. The first-order valence-electron chi connectivity index (χ1n) is 7.99. The van der Waals surface area contributed by atoms with Gasteiger partial charge in [0.15, 0.2) is 0 Å². The minimum absolute atomic E-state index is 0.141. The average Bonchev–Trinajstić information content (AvgIpc) is 2.66. The normalized spacial score (nSPS) is 11.4. The molecule has 2 N–H and O–H groups in total. The fraction of sp³-hybridized carbons (Fsp3) is 0.263. The minimum Gasteiger partial charge on any atom is -0.497 e. The Balaban J connectivity index is 1.95. The number of nitrogens with one attached hydrogen (secondary N) is 2. The number of amides is 2. The molecule has 0 radical (unpaired) electrons. The summed E-state index contributed by atoms with van der Waals surface area (Å²) in [7, 11) is 3.13. The molecule has 0 aliphatic heterocycles. The number of carbonyl (C=O) groups excluding carboxylic acids is 2. The van der Waals surface area contributed by atoms with E-state index in [1.807, 2.05) is 6.92 Å². The van der Waals surface area contributed by atoms with Crippen molar-refractivity contribution in [1.82, 2.24) is 10.6 Å². The number of hydrogen-bond donors (Lipinski definition) is 2. The fourth-order valence-corrected chi connectivity index (χ4v) is 2.54. The van der Waals surface area contributed by atoms with Crippen molar-refractivity contribution in [3.63, 3.8) is 0 Å². The lowest BCUT2D eigenvalue weighted by Gasteiger charge is -2.18. The topological polar surface area (TPSA) is 76.7 Å². The number of rotatable bonds is 7. The van der Waals surface area contributed by atoms with Crippen LogP contribution in [0.5, 0.6) is 11.5 Å². The molecule has 0 aliphatic rings. The van der Waals surface area contributed by atoms with Crippen molar-refractivity contribution in [2.45, 2.75) is 13.0 Å². The van der Waals surface area contributed by atoms with Gasteiger partial charge in [0.2, 0.25) is 5.91 Å². The SMILES string of the molecule is COc1ccc(OC)c(C(C)NC(=O)CNC(=O)c2ccc(Cl)cc2)c1. The van der Waals surface area contributed by atoms with Gasteiger partial charge in [-0.25, -0.2) is 0 Å². The Hall–Kier alpha value is -2.73. The minimum atomic E-state index is -0.344. The van der Waals surface area contributed by atoms with E-state index in [4.69, 9.17) is 21.1 Å². The molecule has 7 heteroatoms. The van der Waals surface area contributed by atoms with E-state index >= 15 is 0 Å². The number of methoxy groups -OCH3 is 2. The first-order chi connectivity index (χ1) is 12.4. The van der Waals surface area contributed by atoms with E-state index in [0.29, 0.717) is 22.1 Å². The van der Waals surface area contributed by atoms with E-state index in [9.17, 15) is 9.59 Å². The molecule has 0 bridgehead atoms. The molecular formula is C19H21ClN2O4. The molecule has 2 aromatic carbocycles. The van der Waals surface area contributed by atoms with Crippen molar-refractivity contribution in [2.24, 2.45) is 0 Å². The zero-order chi connectivity index (χ0) is 19.1. The van der Waals surface area contributed by atoms with Crippen LogP contribution < -0.4 is 20.1 Å². The van der Waals surface area contributed by atoms with E-state index in [-0.39, 0.29) is 24.4 Å². The first-order valence-corrected chi connectivity index (χ1v) is 8.37. The Kier molecular flexibility index (Phi) is 6.86. The summed E-state index contributed by atoms with van der Waals surface area (Å²) in [6, 6.07) is 11.5. The highest BCUT2D eigenvalue weighted by molar-refractivity contribution is 6.30. The smallest absolute Gasteiger partial charge is 0.251 e. The summed E-state index contributed by atoms with van der Waals surface area (Å²) >= 11 is 5.79. The molecule has 0 heterocycles. The number of carbonyl (C=O) groups is 2. The van der Waals surface area contributed by atoms with E-state index in [2.05, 4.69) is 10.6 Å². The van der Waals surface area contributed by atoms with Gasteiger partial charge in [-0.1, -0.05) is 11.6 Å².